The molecule has 1 fully saturated rings. The van der Waals surface area contributed by atoms with Gasteiger partial charge < -0.3 is 9.80 Å². The smallest absolute Gasteiger partial charge is 0.232 e. The number of carbonyl (C=O) groups excluding carboxylic acids is 1. The molecule has 104 valence electrons. The van der Waals surface area contributed by atoms with E-state index in [0.717, 1.165) is 36.4 Å². The fourth-order valence-corrected chi connectivity index (χ4v) is 3.14. The first kappa shape index (κ1) is 14.9. The highest BCUT2D eigenvalue weighted by Gasteiger charge is 2.18. The van der Waals surface area contributed by atoms with E-state index in [1.165, 1.54) is 5.56 Å². The number of hydrogen-bond acceptors (Lipinski definition) is 3. The van der Waals surface area contributed by atoms with Gasteiger partial charge in [-0.3, -0.25) is 4.79 Å². The van der Waals surface area contributed by atoms with E-state index >= 15 is 0 Å². The maximum Gasteiger partial charge on any atom is 0.232 e. The maximum atomic E-state index is 12.0. The average Bonchev–Trinajstić information content (AvgIpc) is 2.41. The van der Waals surface area contributed by atoms with E-state index in [9.17, 15) is 4.79 Å². The molecule has 0 aromatic heterocycles. The van der Waals surface area contributed by atoms with Crippen LogP contribution < -0.4 is 0 Å². The van der Waals surface area contributed by atoms with Crippen LogP contribution in [0.3, 0.4) is 0 Å². The number of likely N-dealkylation sites (N-methyl/N-ethyl adjacent to an activating group) is 1. The molecule has 19 heavy (non-hydrogen) atoms. The third-order valence-electron chi connectivity index (χ3n) is 3.26. The van der Waals surface area contributed by atoms with Crippen molar-refractivity contribution >= 4 is 33.6 Å². The van der Waals surface area contributed by atoms with Gasteiger partial charge in [0.2, 0.25) is 5.91 Å². The van der Waals surface area contributed by atoms with Gasteiger partial charge >= 0.3 is 0 Å². The maximum absolute atomic E-state index is 12.0. The number of amides is 1. The number of halogens is 1. The lowest BCUT2D eigenvalue weighted by Gasteiger charge is -2.32. The van der Waals surface area contributed by atoms with Crippen molar-refractivity contribution in [1.82, 2.24) is 9.80 Å². The van der Waals surface area contributed by atoms with Crippen molar-refractivity contribution in [2.75, 3.05) is 39.0 Å². The Labute approximate surface area is 127 Å². The van der Waals surface area contributed by atoms with Crippen molar-refractivity contribution in [3.8, 4) is 0 Å². The first-order valence-electron chi connectivity index (χ1n) is 6.43. The molecule has 3 nitrogen and oxygen atoms in total. The molecule has 1 aromatic rings. The second-order valence-electron chi connectivity index (χ2n) is 4.80. The molecule has 0 saturated carbocycles. The average molecular weight is 343 g/mol. The molecule has 1 amide bonds. The molecule has 0 N–H and O–H groups in total. The van der Waals surface area contributed by atoms with E-state index in [-0.39, 0.29) is 5.91 Å². The summed E-state index contributed by atoms with van der Waals surface area (Å²) >= 11 is 5.12. The lowest BCUT2D eigenvalue weighted by Crippen LogP contribution is -2.47. The van der Waals surface area contributed by atoms with Gasteiger partial charge in [-0.15, -0.1) is 11.8 Å². The van der Waals surface area contributed by atoms with Crippen LogP contribution in [0.25, 0.3) is 0 Å². The summed E-state index contributed by atoms with van der Waals surface area (Å²) in [5.74, 6) is 1.75. The standard InChI is InChI=1S/C14H19BrN2OS/c1-16-6-8-17(9-7-16)14(18)11-19-10-12-2-4-13(15)5-3-12/h2-5H,6-11H2,1H3. The number of carbonyl (C=O) groups is 1. The predicted molar refractivity (Wildman–Crippen MR) is 84.4 cm³/mol. The van der Waals surface area contributed by atoms with E-state index < -0.39 is 0 Å². The van der Waals surface area contributed by atoms with Crippen LogP contribution in [0, 0.1) is 0 Å². The Bertz CT molecular complexity index is 416. The molecule has 1 aliphatic rings. The molecule has 0 radical (unpaired) electrons. The second kappa shape index (κ2) is 7.31. The Balaban J connectivity index is 1.70. The van der Waals surface area contributed by atoms with E-state index in [2.05, 4.69) is 40.0 Å². The van der Waals surface area contributed by atoms with Gasteiger partial charge in [-0.25, -0.2) is 0 Å². The van der Waals surface area contributed by atoms with E-state index in [0.29, 0.717) is 5.75 Å². The highest BCUT2D eigenvalue weighted by Crippen LogP contribution is 2.16. The summed E-state index contributed by atoms with van der Waals surface area (Å²) in [7, 11) is 2.10. The summed E-state index contributed by atoms with van der Waals surface area (Å²) in [5, 5.41) is 0. The van der Waals surface area contributed by atoms with Gasteiger partial charge in [0.25, 0.3) is 0 Å². The number of benzene rings is 1. The van der Waals surface area contributed by atoms with Gasteiger partial charge in [-0.05, 0) is 24.7 Å². The molecule has 2 rings (SSSR count). The minimum Gasteiger partial charge on any atom is -0.339 e. The Kier molecular flexibility index (Phi) is 5.73. The van der Waals surface area contributed by atoms with Crippen LogP contribution in [0.1, 0.15) is 5.56 Å². The first-order chi connectivity index (χ1) is 9.15. The van der Waals surface area contributed by atoms with Crippen LogP contribution in [0.4, 0.5) is 0 Å². The minimum absolute atomic E-state index is 0.273. The molecular formula is C14H19BrN2OS. The number of rotatable bonds is 4. The van der Waals surface area contributed by atoms with Crippen molar-refractivity contribution in [1.29, 1.82) is 0 Å². The zero-order chi connectivity index (χ0) is 13.7. The fraction of sp³-hybridized carbons (Fsp3) is 0.500. The van der Waals surface area contributed by atoms with Crippen molar-refractivity contribution in [2.24, 2.45) is 0 Å². The van der Waals surface area contributed by atoms with Gasteiger partial charge in [0, 0.05) is 36.4 Å². The second-order valence-corrected chi connectivity index (χ2v) is 6.70. The third-order valence-corrected chi connectivity index (χ3v) is 4.78. The summed E-state index contributed by atoms with van der Waals surface area (Å²) in [6.07, 6.45) is 0. The molecule has 0 spiro atoms. The highest BCUT2D eigenvalue weighted by molar-refractivity contribution is 9.10. The number of piperazine rings is 1. The van der Waals surface area contributed by atoms with Crippen LogP contribution in [-0.4, -0.2) is 54.7 Å². The van der Waals surface area contributed by atoms with Crippen molar-refractivity contribution in [3.05, 3.63) is 34.3 Å². The Hall–Kier alpha value is -0.520. The molecule has 1 heterocycles. The molecule has 1 saturated heterocycles. The summed E-state index contributed by atoms with van der Waals surface area (Å²) < 4.78 is 1.09. The van der Waals surface area contributed by atoms with Crippen LogP contribution in [-0.2, 0) is 10.5 Å². The largest absolute Gasteiger partial charge is 0.339 e. The zero-order valence-electron chi connectivity index (χ0n) is 11.1. The lowest BCUT2D eigenvalue weighted by molar-refractivity contribution is -0.129. The SMILES string of the molecule is CN1CCN(C(=O)CSCc2ccc(Br)cc2)CC1. The van der Waals surface area contributed by atoms with Crippen LogP contribution in [0.2, 0.25) is 0 Å². The summed E-state index contributed by atoms with van der Waals surface area (Å²) in [6.45, 7) is 3.72. The quantitative estimate of drug-likeness (QED) is 0.839. The zero-order valence-corrected chi connectivity index (χ0v) is 13.5. The Morgan fingerprint density at radius 3 is 2.47 bits per heavy atom. The number of thioether (sulfide) groups is 1. The van der Waals surface area contributed by atoms with Gasteiger partial charge in [-0.1, -0.05) is 28.1 Å². The monoisotopic (exact) mass is 342 g/mol. The van der Waals surface area contributed by atoms with Crippen molar-refractivity contribution in [2.45, 2.75) is 5.75 Å². The fourth-order valence-electron chi connectivity index (χ4n) is 1.98. The Morgan fingerprint density at radius 2 is 1.84 bits per heavy atom. The molecule has 0 atom stereocenters. The Morgan fingerprint density at radius 1 is 1.21 bits per heavy atom. The molecule has 1 aromatic carbocycles. The molecule has 0 aliphatic carbocycles. The number of nitrogens with zero attached hydrogens (tertiary/aromatic N) is 2. The first-order valence-corrected chi connectivity index (χ1v) is 8.38. The summed E-state index contributed by atoms with van der Waals surface area (Å²) in [5.41, 5.74) is 1.26. The minimum atomic E-state index is 0.273. The van der Waals surface area contributed by atoms with Gasteiger partial charge in [0.1, 0.15) is 0 Å². The number of hydrogen-bond donors (Lipinski definition) is 0. The molecule has 1 aliphatic heterocycles. The van der Waals surface area contributed by atoms with Gasteiger partial charge in [-0.2, -0.15) is 0 Å². The van der Waals surface area contributed by atoms with Crippen molar-refractivity contribution in [3.63, 3.8) is 0 Å². The topological polar surface area (TPSA) is 23.6 Å². The molecule has 0 bridgehead atoms. The predicted octanol–water partition coefficient (Wildman–Crippen LogP) is 2.46. The van der Waals surface area contributed by atoms with E-state index in [4.69, 9.17) is 0 Å². The lowest BCUT2D eigenvalue weighted by atomic mass is 10.2. The summed E-state index contributed by atoms with van der Waals surface area (Å²) in [6, 6.07) is 8.27. The van der Waals surface area contributed by atoms with Gasteiger partial charge in [0.15, 0.2) is 0 Å². The third kappa shape index (κ3) is 4.82. The molecular weight excluding hydrogens is 324 g/mol. The normalized spacial score (nSPS) is 16.6. The van der Waals surface area contributed by atoms with Gasteiger partial charge in [0.05, 0.1) is 5.75 Å². The molecule has 5 heteroatoms. The van der Waals surface area contributed by atoms with Crippen LogP contribution in [0.5, 0.6) is 0 Å². The van der Waals surface area contributed by atoms with Crippen LogP contribution in [0.15, 0.2) is 28.7 Å². The highest BCUT2D eigenvalue weighted by atomic mass is 79.9. The van der Waals surface area contributed by atoms with Crippen LogP contribution >= 0.6 is 27.7 Å². The van der Waals surface area contributed by atoms with Crippen molar-refractivity contribution < 1.29 is 4.79 Å². The van der Waals surface area contributed by atoms with E-state index in [1.54, 1.807) is 11.8 Å². The summed E-state index contributed by atoms with van der Waals surface area (Å²) in [4.78, 5) is 16.3. The molecule has 0 unspecified atom stereocenters. The van der Waals surface area contributed by atoms with E-state index in [1.807, 2.05) is 17.0 Å².